The van der Waals surface area contributed by atoms with E-state index in [2.05, 4.69) is 41.1 Å². The van der Waals surface area contributed by atoms with Crippen molar-refractivity contribution < 1.29 is 0 Å². The number of anilines is 2. The van der Waals surface area contributed by atoms with E-state index in [9.17, 15) is 0 Å². The highest BCUT2D eigenvalue weighted by molar-refractivity contribution is 6.37. The van der Waals surface area contributed by atoms with Crippen LogP contribution in [0.2, 0.25) is 10.0 Å². The standard InChI is InChI=1S/C13H20Cl2N4/c1-8-6-19(7-11(8)18(3)4)13-10(15)5-9(14)12(16-2)17-13/h5,8,11H,6-7H2,1-4H3,(H,16,17). The summed E-state index contributed by atoms with van der Waals surface area (Å²) >= 11 is 12.4. The van der Waals surface area contributed by atoms with Gasteiger partial charge in [0.2, 0.25) is 0 Å². The number of pyridine rings is 1. The number of hydrogen-bond donors (Lipinski definition) is 1. The molecule has 2 heterocycles. The summed E-state index contributed by atoms with van der Waals surface area (Å²) in [4.78, 5) is 9.02. The van der Waals surface area contributed by atoms with Gasteiger partial charge in [-0.15, -0.1) is 0 Å². The number of aromatic nitrogens is 1. The second-order valence-corrected chi connectivity index (χ2v) is 6.10. The fraction of sp³-hybridized carbons (Fsp3) is 0.615. The molecule has 0 spiro atoms. The molecule has 1 N–H and O–H groups in total. The van der Waals surface area contributed by atoms with Crippen molar-refractivity contribution in [3.8, 4) is 0 Å². The first-order chi connectivity index (χ1) is 8.93. The monoisotopic (exact) mass is 302 g/mol. The maximum absolute atomic E-state index is 6.28. The van der Waals surface area contributed by atoms with E-state index in [0.717, 1.165) is 18.9 Å². The molecule has 0 saturated carbocycles. The predicted octanol–water partition coefficient (Wildman–Crippen LogP) is 2.82. The minimum Gasteiger partial charge on any atom is -0.372 e. The van der Waals surface area contributed by atoms with Gasteiger partial charge >= 0.3 is 0 Å². The van der Waals surface area contributed by atoms with Gasteiger partial charge < -0.3 is 15.1 Å². The fourth-order valence-electron chi connectivity index (χ4n) is 2.65. The normalized spacial score (nSPS) is 23.2. The zero-order valence-corrected chi connectivity index (χ0v) is 13.3. The summed E-state index contributed by atoms with van der Waals surface area (Å²) in [5.74, 6) is 2.07. The summed E-state index contributed by atoms with van der Waals surface area (Å²) in [6.45, 7) is 4.15. The van der Waals surface area contributed by atoms with Gasteiger partial charge in [0.15, 0.2) is 0 Å². The smallest absolute Gasteiger partial charge is 0.150 e. The molecule has 1 aliphatic heterocycles. The van der Waals surface area contributed by atoms with Crippen LogP contribution in [-0.2, 0) is 0 Å². The lowest BCUT2D eigenvalue weighted by atomic mass is 10.1. The summed E-state index contributed by atoms with van der Waals surface area (Å²) in [6.07, 6.45) is 0. The zero-order valence-electron chi connectivity index (χ0n) is 11.7. The van der Waals surface area contributed by atoms with Crippen LogP contribution in [0.5, 0.6) is 0 Å². The summed E-state index contributed by atoms with van der Waals surface area (Å²) in [5, 5.41) is 4.15. The number of likely N-dealkylation sites (N-methyl/N-ethyl adjacent to an activating group) is 1. The van der Waals surface area contributed by atoms with Gasteiger partial charge in [0.1, 0.15) is 11.6 Å². The Morgan fingerprint density at radius 2 is 2.00 bits per heavy atom. The lowest BCUT2D eigenvalue weighted by Crippen LogP contribution is -2.34. The van der Waals surface area contributed by atoms with Crippen LogP contribution in [0.25, 0.3) is 0 Å². The van der Waals surface area contributed by atoms with Crippen molar-refractivity contribution in [1.82, 2.24) is 9.88 Å². The molecule has 0 radical (unpaired) electrons. The van der Waals surface area contributed by atoms with Gasteiger partial charge in [0, 0.05) is 26.2 Å². The molecule has 4 nitrogen and oxygen atoms in total. The SMILES string of the molecule is CNc1nc(N2CC(C)C(N(C)C)C2)c(Cl)cc1Cl. The number of rotatable bonds is 3. The molecule has 6 heteroatoms. The van der Waals surface area contributed by atoms with Crippen molar-refractivity contribution in [2.75, 3.05) is 44.4 Å². The topological polar surface area (TPSA) is 31.4 Å². The van der Waals surface area contributed by atoms with Crippen molar-refractivity contribution in [1.29, 1.82) is 0 Å². The summed E-state index contributed by atoms with van der Waals surface area (Å²) in [6, 6.07) is 2.27. The second-order valence-electron chi connectivity index (χ2n) is 5.29. The molecule has 0 aliphatic carbocycles. The first kappa shape index (κ1) is 14.7. The molecule has 1 saturated heterocycles. The van der Waals surface area contributed by atoms with Gasteiger partial charge in [0.05, 0.1) is 10.0 Å². The Morgan fingerprint density at radius 3 is 2.53 bits per heavy atom. The molecule has 0 amide bonds. The molecule has 0 aromatic carbocycles. The van der Waals surface area contributed by atoms with E-state index in [1.165, 1.54) is 0 Å². The van der Waals surface area contributed by atoms with Gasteiger partial charge in [-0.1, -0.05) is 30.1 Å². The average molecular weight is 303 g/mol. The van der Waals surface area contributed by atoms with Crippen molar-refractivity contribution in [2.24, 2.45) is 5.92 Å². The van der Waals surface area contributed by atoms with Crippen molar-refractivity contribution >= 4 is 34.8 Å². The van der Waals surface area contributed by atoms with Crippen LogP contribution in [0, 0.1) is 5.92 Å². The molecule has 2 unspecified atom stereocenters. The third-order valence-corrected chi connectivity index (χ3v) is 4.25. The van der Waals surface area contributed by atoms with Crippen molar-refractivity contribution in [3.05, 3.63) is 16.1 Å². The van der Waals surface area contributed by atoms with E-state index < -0.39 is 0 Å². The summed E-state index contributed by atoms with van der Waals surface area (Å²) in [5.41, 5.74) is 0. The van der Waals surface area contributed by atoms with E-state index in [-0.39, 0.29) is 0 Å². The minimum atomic E-state index is 0.520. The number of hydrogen-bond acceptors (Lipinski definition) is 4. The maximum Gasteiger partial charge on any atom is 0.150 e. The Labute approximate surface area is 124 Å². The first-order valence-electron chi connectivity index (χ1n) is 6.39. The summed E-state index contributed by atoms with van der Waals surface area (Å²) < 4.78 is 0. The lowest BCUT2D eigenvalue weighted by molar-refractivity contribution is 0.266. The zero-order chi connectivity index (χ0) is 14.2. The molecule has 1 fully saturated rings. The second kappa shape index (κ2) is 5.73. The van der Waals surface area contributed by atoms with Gasteiger partial charge in [0.25, 0.3) is 0 Å². The molecule has 1 aliphatic rings. The highest BCUT2D eigenvalue weighted by atomic mass is 35.5. The molecule has 2 atom stereocenters. The third-order valence-electron chi connectivity index (χ3n) is 3.68. The Morgan fingerprint density at radius 1 is 1.32 bits per heavy atom. The molecular formula is C13H20Cl2N4. The van der Waals surface area contributed by atoms with E-state index >= 15 is 0 Å². The average Bonchev–Trinajstić information content (AvgIpc) is 2.71. The van der Waals surface area contributed by atoms with Crippen LogP contribution < -0.4 is 10.2 Å². The quantitative estimate of drug-likeness (QED) is 0.930. The number of nitrogens with zero attached hydrogens (tertiary/aromatic N) is 3. The van der Waals surface area contributed by atoms with Gasteiger partial charge in [-0.3, -0.25) is 0 Å². The van der Waals surface area contributed by atoms with Crippen LogP contribution in [0.15, 0.2) is 6.07 Å². The Kier molecular flexibility index (Phi) is 4.43. The van der Waals surface area contributed by atoms with Gasteiger partial charge in [-0.25, -0.2) is 4.98 Å². The molecule has 106 valence electrons. The van der Waals surface area contributed by atoms with Crippen LogP contribution in [-0.4, -0.2) is 50.2 Å². The summed E-state index contributed by atoms with van der Waals surface area (Å²) in [7, 11) is 6.03. The van der Waals surface area contributed by atoms with Gasteiger partial charge in [-0.2, -0.15) is 0 Å². The molecule has 19 heavy (non-hydrogen) atoms. The van der Waals surface area contributed by atoms with Crippen LogP contribution >= 0.6 is 23.2 Å². The minimum absolute atomic E-state index is 0.520. The molecule has 1 aromatic rings. The third kappa shape index (κ3) is 2.91. The molecular weight excluding hydrogens is 283 g/mol. The maximum atomic E-state index is 6.28. The largest absolute Gasteiger partial charge is 0.372 e. The predicted molar refractivity (Wildman–Crippen MR) is 82.7 cm³/mol. The van der Waals surface area contributed by atoms with Crippen LogP contribution in [0.3, 0.4) is 0 Å². The number of halogens is 2. The molecule has 1 aromatic heterocycles. The van der Waals surface area contributed by atoms with Crippen molar-refractivity contribution in [2.45, 2.75) is 13.0 Å². The van der Waals surface area contributed by atoms with E-state index in [1.807, 2.05) is 0 Å². The Balaban J connectivity index is 2.28. The number of nitrogens with one attached hydrogen (secondary N) is 1. The first-order valence-corrected chi connectivity index (χ1v) is 7.14. The van der Waals surface area contributed by atoms with Crippen LogP contribution in [0.1, 0.15) is 6.92 Å². The van der Waals surface area contributed by atoms with E-state index in [1.54, 1.807) is 13.1 Å². The van der Waals surface area contributed by atoms with Crippen molar-refractivity contribution in [3.63, 3.8) is 0 Å². The fourth-order valence-corrected chi connectivity index (χ4v) is 3.22. The molecule has 2 rings (SSSR count). The van der Waals surface area contributed by atoms with Crippen LogP contribution in [0.4, 0.5) is 11.6 Å². The molecule has 0 bridgehead atoms. The lowest BCUT2D eigenvalue weighted by Gasteiger charge is -2.23. The van der Waals surface area contributed by atoms with E-state index in [0.29, 0.717) is 27.8 Å². The Bertz CT molecular complexity index is 464. The highest BCUT2D eigenvalue weighted by Gasteiger charge is 2.32. The Hall–Kier alpha value is -0.710. The highest BCUT2D eigenvalue weighted by Crippen LogP contribution is 2.34. The van der Waals surface area contributed by atoms with Gasteiger partial charge in [-0.05, 0) is 26.1 Å². The van der Waals surface area contributed by atoms with E-state index in [4.69, 9.17) is 23.2 Å².